The van der Waals surface area contributed by atoms with E-state index in [1.165, 1.54) is 31.4 Å². The normalized spacial score (nSPS) is 15.0. The van der Waals surface area contributed by atoms with E-state index >= 15 is 0 Å². The molecule has 1 heterocycles. The number of hydrogen-bond acceptors (Lipinski definition) is 4. The number of hydrogen-bond donors (Lipinski definition) is 2. The zero-order valence-corrected chi connectivity index (χ0v) is 15.0. The van der Waals surface area contributed by atoms with Gasteiger partial charge in [-0.05, 0) is 42.7 Å². The van der Waals surface area contributed by atoms with Gasteiger partial charge in [-0.15, -0.1) is 0 Å². The largest absolute Gasteiger partial charge is 0.367 e. The molecule has 6 heteroatoms. The molecule has 0 unspecified atom stereocenters. The Kier molecular flexibility index (Phi) is 5.14. The highest BCUT2D eigenvalue weighted by Crippen LogP contribution is 2.26. The number of nitrogens with zero attached hydrogens (tertiary/aromatic N) is 2. The Balaban J connectivity index is 1.58. The Morgan fingerprint density at radius 2 is 1.67 bits per heavy atom. The van der Waals surface area contributed by atoms with E-state index in [-0.39, 0.29) is 6.54 Å². The van der Waals surface area contributed by atoms with Crippen LogP contribution < -0.4 is 10.6 Å². The average Bonchev–Trinajstić information content (AvgIpc) is 2.66. The molecule has 3 aromatic rings. The molecule has 1 aliphatic rings. The van der Waals surface area contributed by atoms with E-state index in [4.69, 9.17) is 0 Å². The summed E-state index contributed by atoms with van der Waals surface area (Å²) in [5.74, 6) is 0.0638. The Hall–Kier alpha value is -2.76. The minimum absolute atomic E-state index is 0.246. The van der Waals surface area contributed by atoms with Crippen molar-refractivity contribution in [3.05, 3.63) is 59.7 Å². The van der Waals surface area contributed by atoms with Crippen LogP contribution in [-0.2, 0) is 6.54 Å². The Bertz CT molecular complexity index is 918. The summed E-state index contributed by atoms with van der Waals surface area (Å²) < 4.78 is 26.8. The van der Waals surface area contributed by atoms with Gasteiger partial charge >= 0.3 is 0 Å². The van der Waals surface area contributed by atoms with Crippen LogP contribution in [0.5, 0.6) is 0 Å². The molecule has 1 aromatic heterocycles. The average molecular weight is 368 g/mol. The smallest absolute Gasteiger partial charge is 0.225 e. The molecule has 0 saturated heterocycles. The predicted molar refractivity (Wildman–Crippen MR) is 104 cm³/mol. The Morgan fingerprint density at radius 3 is 2.44 bits per heavy atom. The van der Waals surface area contributed by atoms with E-state index < -0.39 is 11.6 Å². The van der Waals surface area contributed by atoms with Crippen LogP contribution >= 0.6 is 0 Å². The van der Waals surface area contributed by atoms with Crippen LogP contribution in [-0.4, -0.2) is 16.0 Å². The van der Waals surface area contributed by atoms with Gasteiger partial charge in [0.25, 0.3) is 0 Å². The molecule has 4 rings (SSSR count). The van der Waals surface area contributed by atoms with Crippen LogP contribution in [0, 0.1) is 11.6 Å². The highest BCUT2D eigenvalue weighted by Gasteiger charge is 2.16. The van der Waals surface area contributed by atoms with Gasteiger partial charge in [0.2, 0.25) is 5.95 Å². The summed E-state index contributed by atoms with van der Waals surface area (Å²) in [4.78, 5) is 9.17. The van der Waals surface area contributed by atoms with Crippen molar-refractivity contribution in [2.24, 2.45) is 0 Å². The lowest BCUT2D eigenvalue weighted by Crippen LogP contribution is -2.23. The third kappa shape index (κ3) is 4.32. The molecular weight excluding hydrogens is 346 g/mol. The zero-order valence-electron chi connectivity index (χ0n) is 15.0. The van der Waals surface area contributed by atoms with Gasteiger partial charge in [-0.3, -0.25) is 0 Å². The molecule has 0 atom stereocenters. The zero-order chi connectivity index (χ0) is 18.6. The molecule has 27 heavy (non-hydrogen) atoms. The second kappa shape index (κ2) is 7.86. The fraction of sp³-hybridized carbons (Fsp3) is 0.333. The summed E-state index contributed by atoms with van der Waals surface area (Å²) >= 11 is 0. The number of rotatable bonds is 5. The van der Waals surface area contributed by atoms with Crippen LogP contribution in [0.3, 0.4) is 0 Å². The lowest BCUT2D eigenvalue weighted by Gasteiger charge is -2.24. The second-order valence-corrected chi connectivity index (χ2v) is 7.02. The summed E-state index contributed by atoms with van der Waals surface area (Å²) in [6, 6.07) is 11.7. The molecule has 0 spiro atoms. The molecule has 1 aliphatic carbocycles. The molecule has 2 N–H and O–H groups in total. The minimum Gasteiger partial charge on any atom is -0.367 e. The number of para-hydroxylation sites is 1. The molecule has 0 bridgehead atoms. The maximum absolute atomic E-state index is 13.4. The number of halogens is 2. The first-order valence-electron chi connectivity index (χ1n) is 9.39. The molecule has 0 radical (unpaired) electrons. The van der Waals surface area contributed by atoms with Crippen LogP contribution in [0.1, 0.15) is 37.7 Å². The topological polar surface area (TPSA) is 49.8 Å². The highest BCUT2D eigenvalue weighted by molar-refractivity contribution is 5.90. The Morgan fingerprint density at radius 1 is 0.926 bits per heavy atom. The van der Waals surface area contributed by atoms with E-state index in [1.54, 1.807) is 0 Å². The van der Waals surface area contributed by atoms with E-state index in [0.717, 1.165) is 35.6 Å². The van der Waals surface area contributed by atoms with Crippen LogP contribution in [0.2, 0.25) is 0 Å². The monoisotopic (exact) mass is 368 g/mol. The quantitative estimate of drug-likeness (QED) is 0.645. The maximum atomic E-state index is 13.4. The minimum atomic E-state index is -0.592. The first-order chi connectivity index (χ1) is 13.2. The van der Waals surface area contributed by atoms with Crippen LogP contribution in [0.25, 0.3) is 10.9 Å². The van der Waals surface area contributed by atoms with Gasteiger partial charge < -0.3 is 10.6 Å². The van der Waals surface area contributed by atoms with Crippen molar-refractivity contribution in [3.63, 3.8) is 0 Å². The first kappa shape index (κ1) is 17.6. The number of aromatic nitrogens is 2. The van der Waals surface area contributed by atoms with Gasteiger partial charge in [-0.1, -0.05) is 31.4 Å². The molecular formula is C21H22F2N4. The number of nitrogens with one attached hydrogen (secondary N) is 2. The fourth-order valence-electron chi connectivity index (χ4n) is 3.60. The highest BCUT2D eigenvalue weighted by atomic mass is 19.1. The van der Waals surface area contributed by atoms with Gasteiger partial charge in [0.1, 0.15) is 17.5 Å². The summed E-state index contributed by atoms with van der Waals surface area (Å²) in [7, 11) is 0. The third-order valence-corrected chi connectivity index (χ3v) is 4.92. The van der Waals surface area contributed by atoms with Gasteiger partial charge in [0, 0.05) is 24.0 Å². The third-order valence-electron chi connectivity index (χ3n) is 4.92. The standard InChI is InChI=1S/C21H22F2N4/c22-15-10-14(11-16(23)12-15)13-24-21-26-19-9-5-4-8-18(19)20(27-21)25-17-6-2-1-3-7-17/h4-5,8-12,17H,1-3,6-7,13H2,(H2,24,25,26,27). The fourth-order valence-corrected chi connectivity index (χ4v) is 3.60. The molecule has 0 aliphatic heterocycles. The summed E-state index contributed by atoms with van der Waals surface area (Å²) in [5.41, 5.74) is 1.34. The van der Waals surface area contributed by atoms with Crippen molar-refractivity contribution in [1.29, 1.82) is 0 Å². The van der Waals surface area contributed by atoms with Crippen molar-refractivity contribution in [3.8, 4) is 0 Å². The van der Waals surface area contributed by atoms with Crippen molar-refractivity contribution in [2.75, 3.05) is 10.6 Å². The molecule has 140 valence electrons. The first-order valence-corrected chi connectivity index (χ1v) is 9.39. The molecule has 0 amide bonds. The summed E-state index contributed by atoms with van der Waals surface area (Å²) in [5, 5.41) is 7.64. The Labute approximate surface area is 157 Å². The summed E-state index contributed by atoms with van der Waals surface area (Å²) in [6.07, 6.45) is 6.04. The van der Waals surface area contributed by atoms with E-state index in [2.05, 4.69) is 20.6 Å². The van der Waals surface area contributed by atoms with Crippen LogP contribution in [0.4, 0.5) is 20.5 Å². The van der Waals surface area contributed by atoms with E-state index in [9.17, 15) is 8.78 Å². The molecule has 2 aromatic carbocycles. The molecule has 1 fully saturated rings. The maximum Gasteiger partial charge on any atom is 0.225 e. The summed E-state index contributed by atoms with van der Waals surface area (Å²) in [6.45, 7) is 0.246. The number of anilines is 2. The second-order valence-electron chi connectivity index (χ2n) is 7.02. The number of benzene rings is 2. The lowest BCUT2D eigenvalue weighted by atomic mass is 9.95. The SMILES string of the molecule is Fc1cc(F)cc(CNc2nc(NC3CCCCC3)c3ccccc3n2)c1. The van der Waals surface area contributed by atoms with Crippen LogP contribution in [0.15, 0.2) is 42.5 Å². The van der Waals surface area contributed by atoms with E-state index in [1.807, 2.05) is 24.3 Å². The van der Waals surface area contributed by atoms with Crippen molar-refractivity contribution in [1.82, 2.24) is 9.97 Å². The van der Waals surface area contributed by atoms with Crippen molar-refractivity contribution >= 4 is 22.7 Å². The van der Waals surface area contributed by atoms with Crippen molar-refractivity contribution in [2.45, 2.75) is 44.7 Å². The van der Waals surface area contributed by atoms with Gasteiger partial charge in [-0.2, -0.15) is 4.98 Å². The number of fused-ring (bicyclic) bond motifs is 1. The van der Waals surface area contributed by atoms with E-state index in [0.29, 0.717) is 17.6 Å². The van der Waals surface area contributed by atoms with Crippen molar-refractivity contribution < 1.29 is 8.78 Å². The predicted octanol–water partition coefficient (Wildman–Crippen LogP) is 5.26. The molecule has 4 nitrogen and oxygen atoms in total. The lowest BCUT2D eigenvalue weighted by molar-refractivity contribution is 0.462. The molecule has 1 saturated carbocycles. The van der Waals surface area contributed by atoms with Gasteiger partial charge in [-0.25, -0.2) is 13.8 Å². The van der Waals surface area contributed by atoms with Gasteiger partial charge in [0.15, 0.2) is 0 Å². The van der Waals surface area contributed by atoms with Gasteiger partial charge in [0.05, 0.1) is 5.52 Å².